The Hall–Kier alpha value is -3.42. The van der Waals surface area contributed by atoms with Crippen molar-refractivity contribution in [1.82, 2.24) is 9.13 Å². The van der Waals surface area contributed by atoms with Gasteiger partial charge >= 0.3 is 5.69 Å². The number of ether oxygens (including phenoxy) is 1. The molecule has 0 spiro atoms. The van der Waals surface area contributed by atoms with Crippen LogP contribution in [0.15, 0.2) is 49.6 Å². The Morgan fingerprint density at radius 3 is 2.68 bits per heavy atom. The maximum absolute atomic E-state index is 12.3. The maximum Gasteiger partial charge on any atom is 0.333 e. The molecule has 0 bridgehead atoms. The number of nitrogens with zero attached hydrogens (tertiary/aromatic N) is 4. The fourth-order valence-corrected chi connectivity index (χ4v) is 2.51. The third-order valence-electron chi connectivity index (χ3n) is 3.94. The monoisotopic (exact) mass is 340 g/mol. The van der Waals surface area contributed by atoms with Crippen LogP contribution in [0, 0.1) is 0 Å². The first kappa shape index (κ1) is 16.4. The first-order valence-corrected chi connectivity index (χ1v) is 7.40. The number of hydrogen-bond donors (Lipinski definition) is 1. The average Bonchev–Trinajstić information content (AvgIpc) is 3.10. The molecule has 1 N–H and O–H groups in total. The van der Waals surface area contributed by atoms with E-state index < -0.39 is 17.1 Å². The maximum atomic E-state index is 12.3. The lowest BCUT2D eigenvalue weighted by molar-refractivity contribution is 0.410. The zero-order valence-corrected chi connectivity index (χ0v) is 13.9. The van der Waals surface area contributed by atoms with Gasteiger partial charge in [0.15, 0.2) is 0 Å². The Kier molecular flexibility index (Phi) is 4.10. The third-order valence-corrected chi connectivity index (χ3v) is 3.94. The van der Waals surface area contributed by atoms with Gasteiger partial charge < -0.3 is 9.84 Å². The predicted molar refractivity (Wildman–Crippen MR) is 94.6 cm³/mol. The summed E-state index contributed by atoms with van der Waals surface area (Å²) >= 11 is 0. The molecule has 1 aromatic carbocycles. The zero-order valence-electron chi connectivity index (χ0n) is 13.9. The molecule has 0 saturated heterocycles. The quantitative estimate of drug-likeness (QED) is 0.888. The molecule has 0 radical (unpaired) electrons. The molecule has 3 rings (SSSR count). The van der Waals surface area contributed by atoms with E-state index in [1.54, 1.807) is 19.2 Å². The fraction of sp³-hybridized carbons (Fsp3) is 0.176. The largest absolute Gasteiger partial charge is 0.497 e. The normalized spacial score (nSPS) is 14.8. The Bertz CT molecular complexity index is 1060. The van der Waals surface area contributed by atoms with E-state index in [0.29, 0.717) is 17.0 Å². The zero-order chi connectivity index (χ0) is 18.1. The first-order chi connectivity index (χ1) is 11.9. The summed E-state index contributed by atoms with van der Waals surface area (Å²) < 4.78 is 7.14. The van der Waals surface area contributed by atoms with Crippen LogP contribution < -0.4 is 16.0 Å². The van der Waals surface area contributed by atoms with Crippen molar-refractivity contribution in [3.8, 4) is 11.6 Å². The van der Waals surface area contributed by atoms with Crippen molar-refractivity contribution in [3.05, 3.63) is 61.8 Å². The number of hydrogen-bond acceptors (Lipinski definition) is 6. The van der Waals surface area contributed by atoms with Crippen molar-refractivity contribution in [1.29, 1.82) is 0 Å². The van der Waals surface area contributed by atoms with Crippen LogP contribution in [0.5, 0.6) is 11.6 Å². The number of methoxy groups -OCH3 is 1. The van der Waals surface area contributed by atoms with Gasteiger partial charge in [0.25, 0.3) is 5.56 Å². The number of rotatable bonds is 3. The SMILES string of the molecule is COc1cccc(C2=NN=CC2=Cc2c(O)n(C)c(=O)n(C)c2=O)c1. The molecule has 8 heteroatoms. The van der Waals surface area contributed by atoms with Crippen LogP contribution in [0.25, 0.3) is 6.08 Å². The van der Waals surface area contributed by atoms with Gasteiger partial charge in [-0.2, -0.15) is 5.10 Å². The van der Waals surface area contributed by atoms with Crippen molar-refractivity contribution >= 4 is 18.0 Å². The molecule has 1 aromatic heterocycles. The summed E-state index contributed by atoms with van der Waals surface area (Å²) in [4.78, 5) is 24.2. The molecule has 0 atom stereocenters. The minimum atomic E-state index is -0.605. The van der Waals surface area contributed by atoms with Gasteiger partial charge in [0.1, 0.15) is 17.0 Å². The van der Waals surface area contributed by atoms with Gasteiger partial charge in [-0.15, -0.1) is 5.10 Å². The smallest absolute Gasteiger partial charge is 0.333 e. The summed E-state index contributed by atoms with van der Waals surface area (Å²) in [5, 5.41) is 18.2. The second kappa shape index (κ2) is 6.23. The summed E-state index contributed by atoms with van der Waals surface area (Å²) in [7, 11) is 4.31. The second-order valence-electron chi connectivity index (χ2n) is 5.47. The molecule has 0 unspecified atom stereocenters. The second-order valence-corrected chi connectivity index (χ2v) is 5.47. The van der Waals surface area contributed by atoms with Crippen LogP contribution in [-0.2, 0) is 14.1 Å². The summed E-state index contributed by atoms with van der Waals surface area (Å²) in [5.41, 5.74) is 0.617. The molecule has 128 valence electrons. The van der Waals surface area contributed by atoms with Gasteiger partial charge in [-0.3, -0.25) is 13.9 Å². The van der Waals surface area contributed by atoms with E-state index in [9.17, 15) is 14.7 Å². The van der Waals surface area contributed by atoms with Crippen LogP contribution in [-0.4, -0.2) is 33.3 Å². The molecule has 2 aromatic rings. The molecule has 25 heavy (non-hydrogen) atoms. The van der Waals surface area contributed by atoms with E-state index in [-0.39, 0.29) is 5.56 Å². The van der Waals surface area contributed by atoms with Gasteiger partial charge in [-0.05, 0) is 18.2 Å². The number of aromatic nitrogens is 2. The average molecular weight is 340 g/mol. The molecule has 1 aliphatic rings. The van der Waals surface area contributed by atoms with E-state index in [4.69, 9.17) is 4.74 Å². The molecule has 0 saturated carbocycles. The predicted octanol–water partition coefficient (Wildman–Crippen LogP) is 0.670. The van der Waals surface area contributed by atoms with Crippen LogP contribution in [0.3, 0.4) is 0 Å². The van der Waals surface area contributed by atoms with Gasteiger partial charge in [0, 0.05) is 25.2 Å². The number of benzene rings is 1. The van der Waals surface area contributed by atoms with E-state index in [1.807, 2.05) is 12.1 Å². The summed E-state index contributed by atoms with van der Waals surface area (Å²) in [6.45, 7) is 0. The van der Waals surface area contributed by atoms with E-state index in [0.717, 1.165) is 14.7 Å². The lowest BCUT2D eigenvalue weighted by atomic mass is 10.0. The Balaban J connectivity index is 2.14. The van der Waals surface area contributed by atoms with E-state index in [2.05, 4.69) is 10.2 Å². The molecule has 1 aliphatic heterocycles. The van der Waals surface area contributed by atoms with E-state index >= 15 is 0 Å². The Labute approximate surface area is 142 Å². The first-order valence-electron chi connectivity index (χ1n) is 7.40. The van der Waals surface area contributed by atoms with Crippen molar-refractivity contribution in [2.75, 3.05) is 7.11 Å². The molecular weight excluding hydrogens is 324 g/mol. The van der Waals surface area contributed by atoms with Crippen molar-refractivity contribution in [3.63, 3.8) is 0 Å². The fourth-order valence-electron chi connectivity index (χ4n) is 2.51. The molecule has 8 nitrogen and oxygen atoms in total. The van der Waals surface area contributed by atoms with Crippen LogP contribution in [0.4, 0.5) is 0 Å². The summed E-state index contributed by atoms with van der Waals surface area (Å²) in [6, 6.07) is 7.25. The minimum Gasteiger partial charge on any atom is -0.497 e. The van der Waals surface area contributed by atoms with Crippen molar-refractivity contribution < 1.29 is 9.84 Å². The minimum absolute atomic E-state index is 0.0106. The topological polar surface area (TPSA) is 98.2 Å². The standard InChI is InChI=1S/C17H16N4O4/c1-20-15(22)13(16(23)21(2)17(20)24)8-11-9-18-19-14(11)10-5-4-6-12(7-10)25-3/h4-9,22H,1-3H3. The van der Waals surface area contributed by atoms with Gasteiger partial charge in [0.2, 0.25) is 5.88 Å². The Morgan fingerprint density at radius 2 is 1.96 bits per heavy atom. The summed E-state index contributed by atoms with van der Waals surface area (Å²) in [5.74, 6) is 0.248. The highest BCUT2D eigenvalue weighted by Gasteiger charge is 2.18. The number of aromatic hydroxyl groups is 1. The lowest BCUT2D eigenvalue weighted by Gasteiger charge is -2.09. The highest BCUT2D eigenvalue weighted by Crippen LogP contribution is 2.21. The van der Waals surface area contributed by atoms with Crippen LogP contribution >= 0.6 is 0 Å². The molecule has 2 heterocycles. The lowest BCUT2D eigenvalue weighted by Crippen LogP contribution is -2.38. The highest BCUT2D eigenvalue weighted by molar-refractivity contribution is 6.28. The van der Waals surface area contributed by atoms with Gasteiger partial charge in [-0.1, -0.05) is 12.1 Å². The van der Waals surface area contributed by atoms with Gasteiger partial charge in [0.05, 0.1) is 13.3 Å². The van der Waals surface area contributed by atoms with Gasteiger partial charge in [-0.25, -0.2) is 4.79 Å². The van der Waals surface area contributed by atoms with Crippen LogP contribution in [0.2, 0.25) is 0 Å². The highest BCUT2D eigenvalue weighted by atomic mass is 16.5. The molecule has 0 amide bonds. The third kappa shape index (κ3) is 2.78. The van der Waals surface area contributed by atoms with Crippen molar-refractivity contribution in [2.24, 2.45) is 24.3 Å². The van der Waals surface area contributed by atoms with Crippen molar-refractivity contribution in [2.45, 2.75) is 0 Å². The van der Waals surface area contributed by atoms with Crippen LogP contribution in [0.1, 0.15) is 11.1 Å². The molecule has 0 fully saturated rings. The summed E-state index contributed by atoms with van der Waals surface area (Å²) in [6.07, 6.45) is 2.95. The Morgan fingerprint density at radius 1 is 1.20 bits per heavy atom. The molecular formula is C17H16N4O4. The van der Waals surface area contributed by atoms with E-state index in [1.165, 1.54) is 26.4 Å². The molecule has 0 aliphatic carbocycles. The number of allylic oxidation sites excluding steroid dienone is 1.